The molecule has 25 heavy (non-hydrogen) atoms. The van der Waals surface area contributed by atoms with Crippen LogP contribution in [0.1, 0.15) is 16.7 Å². The van der Waals surface area contributed by atoms with Gasteiger partial charge < -0.3 is 4.90 Å². The third kappa shape index (κ3) is 2.16. The molecule has 0 bridgehead atoms. The van der Waals surface area contributed by atoms with Crippen molar-refractivity contribution in [3.63, 3.8) is 0 Å². The number of rotatable bonds is 0. The van der Waals surface area contributed by atoms with Gasteiger partial charge in [-0.1, -0.05) is 48.5 Å². The molecule has 0 saturated carbocycles. The summed E-state index contributed by atoms with van der Waals surface area (Å²) >= 11 is 0. The first-order chi connectivity index (χ1) is 12.2. The summed E-state index contributed by atoms with van der Waals surface area (Å²) in [5, 5.41) is 5.43. The molecule has 5 rings (SSSR count). The zero-order valence-corrected chi connectivity index (χ0v) is 14.7. The van der Waals surface area contributed by atoms with Gasteiger partial charge in [0.05, 0.1) is 0 Å². The predicted octanol–water partition coefficient (Wildman–Crippen LogP) is 6.17. The second-order valence-electron chi connectivity index (χ2n) is 7.12. The maximum absolute atomic E-state index is 2.39. The highest BCUT2D eigenvalue weighted by atomic mass is 15.1. The van der Waals surface area contributed by atoms with Crippen LogP contribution in [0.5, 0.6) is 0 Å². The fourth-order valence-corrected chi connectivity index (χ4v) is 4.32. The number of benzene rings is 4. The van der Waals surface area contributed by atoms with E-state index in [9.17, 15) is 0 Å². The second-order valence-corrected chi connectivity index (χ2v) is 7.12. The number of anilines is 2. The summed E-state index contributed by atoms with van der Waals surface area (Å²) in [5.41, 5.74) is 6.94. The lowest BCUT2D eigenvalue weighted by Crippen LogP contribution is -2.11. The van der Waals surface area contributed by atoms with Gasteiger partial charge >= 0.3 is 0 Å². The molecule has 1 heterocycles. The normalized spacial score (nSPS) is 13.6. The molecular weight excluding hydrogens is 302 g/mol. The summed E-state index contributed by atoms with van der Waals surface area (Å²) in [4.78, 5) is 2.38. The van der Waals surface area contributed by atoms with E-state index in [-0.39, 0.29) is 0 Å². The van der Waals surface area contributed by atoms with E-state index in [1.807, 2.05) is 0 Å². The first-order valence-electron chi connectivity index (χ1n) is 8.99. The van der Waals surface area contributed by atoms with Gasteiger partial charge in [-0.15, -0.1) is 0 Å². The molecule has 0 aromatic heterocycles. The van der Waals surface area contributed by atoms with Crippen molar-refractivity contribution in [1.29, 1.82) is 0 Å². The molecule has 0 fully saturated rings. The fraction of sp³-hybridized carbons (Fsp3) is 0.167. The summed E-state index contributed by atoms with van der Waals surface area (Å²) in [6, 6.07) is 24.7. The highest BCUT2D eigenvalue weighted by Crippen LogP contribution is 2.40. The average Bonchev–Trinajstić information content (AvgIpc) is 2.78. The molecule has 1 aliphatic rings. The molecule has 0 radical (unpaired) electrons. The number of hydrogen-bond acceptors (Lipinski definition) is 1. The summed E-state index contributed by atoms with van der Waals surface area (Å²) < 4.78 is 0. The van der Waals surface area contributed by atoms with Crippen molar-refractivity contribution >= 4 is 32.9 Å². The molecular formula is C24H21N. The summed E-state index contributed by atoms with van der Waals surface area (Å²) in [6.45, 7) is 2.20. The van der Waals surface area contributed by atoms with Gasteiger partial charge in [0.15, 0.2) is 0 Å². The standard InChI is InChI=1S/C24H21N/c1-16-6-5-8-18-14-19-10-12-21-20-9-4-3-7-17(20)11-13-23(21)25(2)24(19)15-22(16)18/h3-9,11,13-15H,10,12H2,1-2H3. The van der Waals surface area contributed by atoms with Gasteiger partial charge in [-0.2, -0.15) is 0 Å². The Bertz CT molecular complexity index is 1120. The Hall–Kier alpha value is -2.80. The molecule has 1 aliphatic heterocycles. The molecule has 0 amide bonds. The first-order valence-corrected chi connectivity index (χ1v) is 8.99. The van der Waals surface area contributed by atoms with Crippen LogP contribution in [-0.4, -0.2) is 7.05 Å². The van der Waals surface area contributed by atoms with E-state index in [2.05, 4.69) is 85.6 Å². The van der Waals surface area contributed by atoms with Crippen LogP contribution < -0.4 is 4.90 Å². The molecule has 0 atom stereocenters. The first kappa shape index (κ1) is 14.5. The number of hydrogen-bond donors (Lipinski definition) is 0. The van der Waals surface area contributed by atoms with Gasteiger partial charge in [-0.25, -0.2) is 0 Å². The maximum atomic E-state index is 2.39. The van der Waals surface area contributed by atoms with Crippen LogP contribution >= 0.6 is 0 Å². The number of nitrogens with zero attached hydrogens (tertiary/aromatic N) is 1. The highest BCUT2D eigenvalue weighted by molar-refractivity contribution is 5.95. The zero-order chi connectivity index (χ0) is 17.0. The zero-order valence-electron chi connectivity index (χ0n) is 14.7. The lowest BCUT2D eigenvalue weighted by molar-refractivity contribution is 0.988. The molecule has 0 saturated heterocycles. The smallest absolute Gasteiger partial charge is 0.0447 e. The van der Waals surface area contributed by atoms with Crippen molar-refractivity contribution < 1.29 is 0 Å². The fourth-order valence-electron chi connectivity index (χ4n) is 4.32. The topological polar surface area (TPSA) is 3.24 Å². The van der Waals surface area contributed by atoms with Crippen LogP contribution in [0.4, 0.5) is 11.4 Å². The van der Waals surface area contributed by atoms with E-state index in [1.165, 1.54) is 49.6 Å². The Balaban J connectivity index is 1.77. The van der Waals surface area contributed by atoms with E-state index in [4.69, 9.17) is 0 Å². The van der Waals surface area contributed by atoms with E-state index in [1.54, 1.807) is 0 Å². The SMILES string of the molecule is Cc1cccc2cc3c(cc12)N(C)c1ccc2ccccc2c1CC3. The minimum atomic E-state index is 1.09. The van der Waals surface area contributed by atoms with Crippen LogP contribution in [0.3, 0.4) is 0 Å². The Morgan fingerprint density at radius 2 is 1.56 bits per heavy atom. The predicted molar refractivity (Wildman–Crippen MR) is 108 cm³/mol. The third-order valence-electron chi connectivity index (χ3n) is 5.68. The molecule has 1 nitrogen and oxygen atoms in total. The second kappa shape index (κ2) is 5.35. The van der Waals surface area contributed by atoms with Gasteiger partial charge in [0.1, 0.15) is 0 Å². The molecule has 0 aliphatic carbocycles. The van der Waals surface area contributed by atoms with Crippen molar-refractivity contribution in [3.05, 3.63) is 83.4 Å². The van der Waals surface area contributed by atoms with Gasteiger partial charge in [-0.3, -0.25) is 0 Å². The van der Waals surface area contributed by atoms with E-state index in [0.29, 0.717) is 0 Å². The average molecular weight is 323 g/mol. The largest absolute Gasteiger partial charge is 0.344 e. The van der Waals surface area contributed by atoms with Crippen LogP contribution in [0, 0.1) is 6.92 Å². The minimum absolute atomic E-state index is 1.09. The molecule has 4 aromatic rings. The van der Waals surface area contributed by atoms with Gasteiger partial charge in [0.2, 0.25) is 0 Å². The van der Waals surface area contributed by atoms with Crippen molar-refractivity contribution in [2.45, 2.75) is 19.8 Å². The van der Waals surface area contributed by atoms with Crippen LogP contribution in [0.15, 0.2) is 66.7 Å². The molecule has 4 aromatic carbocycles. The van der Waals surface area contributed by atoms with Crippen LogP contribution in [0.25, 0.3) is 21.5 Å². The molecule has 0 N–H and O–H groups in total. The quantitative estimate of drug-likeness (QED) is 0.374. The molecule has 0 spiro atoms. The van der Waals surface area contributed by atoms with E-state index >= 15 is 0 Å². The minimum Gasteiger partial charge on any atom is -0.344 e. The van der Waals surface area contributed by atoms with Gasteiger partial charge in [0.25, 0.3) is 0 Å². The molecule has 1 heteroatoms. The Morgan fingerprint density at radius 3 is 2.48 bits per heavy atom. The summed E-state index contributed by atoms with van der Waals surface area (Å²) in [7, 11) is 2.21. The molecule has 122 valence electrons. The van der Waals surface area contributed by atoms with Crippen molar-refractivity contribution in [2.24, 2.45) is 0 Å². The van der Waals surface area contributed by atoms with Crippen LogP contribution in [0.2, 0.25) is 0 Å². The van der Waals surface area contributed by atoms with Crippen molar-refractivity contribution in [3.8, 4) is 0 Å². The summed E-state index contributed by atoms with van der Waals surface area (Å²) in [6.07, 6.45) is 2.18. The number of fused-ring (bicyclic) bond motifs is 5. The van der Waals surface area contributed by atoms with E-state index < -0.39 is 0 Å². The van der Waals surface area contributed by atoms with Crippen molar-refractivity contribution in [2.75, 3.05) is 11.9 Å². The summed E-state index contributed by atoms with van der Waals surface area (Å²) in [5.74, 6) is 0. The highest BCUT2D eigenvalue weighted by Gasteiger charge is 2.20. The Morgan fingerprint density at radius 1 is 0.720 bits per heavy atom. The number of aryl methyl sites for hydroxylation is 3. The molecule has 0 unspecified atom stereocenters. The Kier molecular flexibility index (Phi) is 3.11. The Labute approximate surface area is 148 Å². The van der Waals surface area contributed by atoms with Crippen LogP contribution in [-0.2, 0) is 12.8 Å². The van der Waals surface area contributed by atoms with Gasteiger partial charge in [-0.05, 0) is 76.2 Å². The lowest BCUT2D eigenvalue weighted by Gasteiger charge is -2.23. The van der Waals surface area contributed by atoms with E-state index in [0.717, 1.165) is 12.8 Å². The monoisotopic (exact) mass is 323 g/mol. The van der Waals surface area contributed by atoms with Gasteiger partial charge in [0, 0.05) is 18.4 Å². The lowest BCUT2D eigenvalue weighted by atomic mass is 9.96. The maximum Gasteiger partial charge on any atom is 0.0447 e. The van der Waals surface area contributed by atoms with Crippen molar-refractivity contribution in [1.82, 2.24) is 0 Å². The third-order valence-corrected chi connectivity index (χ3v) is 5.68.